The first kappa shape index (κ1) is 11.0. The van der Waals surface area contributed by atoms with Crippen LogP contribution in [0.15, 0.2) is 18.2 Å². The lowest BCUT2D eigenvalue weighted by Crippen LogP contribution is -2.07. The van der Waals surface area contributed by atoms with E-state index in [1.54, 1.807) is 18.2 Å². The third-order valence-corrected chi connectivity index (χ3v) is 2.24. The maximum absolute atomic E-state index is 11.1. The number of nitrogens with two attached hydrogens (primary N) is 1. The van der Waals surface area contributed by atoms with E-state index in [2.05, 4.69) is 4.74 Å². The Balaban J connectivity index is 3.06. The third kappa shape index (κ3) is 2.25. The minimum Gasteiger partial charge on any atom is -0.465 e. The number of rotatable bonds is 2. The van der Waals surface area contributed by atoms with E-state index in [0.717, 1.165) is 5.56 Å². The number of halogens is 1. The molecule has 0 spiro atoms. The van der Waals surface area contributed by atoms with Crippen LogP contribution in [0, 0.1) is 0 Å². The number of hydrogen-bond donors (Lipinski definition) is 1. The fourth-order valence-electron chi connectivity index (χ4n) is 1.14. The van der Waals surface area contributed by atoms with E-state index >= 15 is 0 Å². The minimum atomic E-state index is -0.400. The van der Waals surface area contributed by atoms with E-state index in [0.29, 0.717) is 10.6 Å². The maximum Gasteiger partial charge on any atom is 0.337 e. The molecule has 4 heteroatoms. The van der Waals surface area contributed by atoms with Crippen molar-refractivity contribution in [2.45, 2.75) is 13.0 Å². The molecule has 76 valence electrons. The average molecular weight is 214 g/mol. The number of benzene rings is 1. The topological polar surface area (TPSA) is 52.3 Å². The Labute approximate surface area is 87.8 Å². The molecule has 0 aliphatic heterocycles. The van der Waals surface area contributed by atoms with E-state index < -0.39 is 5.97 Å². The van der Waals surface area contributed by atoms with Crippen LogP contribution in [-0.2, 0) is 4.74 Å². The largest absolute Gasteiger partial charge is 0.465 e. The molecule has 2 N–H and O–H groups in total. The summed E-state index contributed by atoms with van der Waals surface area (Å²) in [5.74, 6) is -0.400. The summed E-state index contributed by atoms with van der Waals surface area (Å²) in [4.78, 5) is 11.1. The Morgan fingerprint density at radius 3 is 2.64 bits per heavy atom. The van der Waals surface area contributed by atoms with E-state index in [9.17, 15) is 4.79 Å². The number of carbonyl (C=O) groups excluding carboxylic acids is 1. The van der Waals surface area contributed by atoms with Crippen molar-refractivity contribution in [3.63, 3.8) is 0 Å². The molecular formula is C10H12ClNO2. The molecule has 0 aliphatic rings. The second-order valence-corrected chi connectivity index (χ2v) is 3.42. The van der Waals surface area contributed by atoms with Crippen molar-refractivity contribution in [1.29, 1.82) is 0 Å². The number of ether oxygens (including phenoxy) is 1. The zero-order valence-electron chi connectivity index (χ0n) is 8.08. The number of carbonyl (C=O) groups is 1. The van der Waals surface area contributed by atoms with Gasteiger partial charge in [0.1, 0.15) is 0 Å². The van der Waals surface area contributed by atoms with Crippen molar-refractivity contribution >= 4 is 17.6 Å². The SMILES string of the molecule is COC(=O)c1ccc([C@@H](C)N)c(Cl)c1. The first-order chi connectivity index (χ1) is 6.56. The van der Waals surface area contributed by atoms with Crippen LogP contribution >= 0.6 is 11.6 Å². The summed E-state index contributed by atoms with van der Waals surface area (Å²) in [6.45, 7) is 1.83. The molecule has 0 unspecified atom stereocenters. The fraction of sp³-hybridized carbons (Fsp3) is 0.300. The zero-order valence-corrected chi connectivity index (χ0v) is 8.84. The fourth-order valence-corrected chi connectivity index (χ4v) is 1.49. The summed E-state index contributed by atoms with van der Waals surface area (Å²) in [6, 6.07) is 4.80. The highest BCUT2D eigenvalue weighted by atomic mass is 35.5. The number of hydrogen-bond acceptors (Lipinski definition) is 3. The molecular weight excluding hydrogens is 202 g/mol. The minimum absolute atomic E-state index is 0.144. The van der Waals surface area contributed by atoms with Crippen LogP contribution in [0.25, 0.3) is 0 Å². The van der Waals surface area contributed by atoms with Crippen LogP contribution in [-0.4, -0.2) is 13.1 Å². The second kappa shape index (κ2) is 4.44. The molecule has 0 fully saturated rings. The van der Waals surface area contributed by atoms with Crippen LogP contribution in [0.5, 0.6) is 0 Å². The molecule has 0 radical (unpaired) electrons. The highest BCUT2D eigenvalue weighted by molar-refractivity contribution is 6.31. The van der Waals surface area contributed by atoms with Gasteiger partial charge in [0.25, 0.3) is 0 Å². The maximum atomic E-state index is 11.1. The quantitative estimate of drug-likeness (QED) is 0.766. The first-order valence-corrected chi connectivity index (χ1v) is 4.57. The van der Waals surface area contributed by atoms with Gasteiger partial charge in [0.05, 0.1) is 12.7 Å². The van der Waals surface area contributed by atoms with Crippen LogP contribution in [0.4, 0.5) is 0 Å². The van der Waals surface area contributed by atoms with Crippen LogP contribution in [0.2, 0.25) is 5.02 Å². The van der Waals surface area contributed by atoms with Crippen molar-refractivity contribution in [3.8, 4) is 0 Å². The van der Waals surface area contributed by atoms with Crippen LogP contribution < -0.4 is 5.73 Å². The van der Waals surface area contributed by atoms with Gasteiger partial charge in [0.2, 0.25) is 0 Å². The van der Waals surface area contributed by atoms with E-state index in [4.69, 9.17) is 17.3 Å². The molecule has 3 nitrogen and oxygen atoms in total. The Bertz CT molecular complexity index is 350. The van der Waals surface area contributed by atoms with Gasteiger partial charge in [-0.05, 0) is 24.6 Å². The lowest BCUT2D eigenvalue weighted by Gasteiger charge is -2.08. The Morgan fingerprint density at radius 1 is 1.57 bits per heavy atom. The summed E-state index contributed by atoms with van der Waals surface area (Å²) in [5, 5.41) is 0.489. The number of esters is 1. The lowest BCUT2D eigenvalue weighted by atomic mass is 10.1. The molecule has 1 rings (SSSR count). The Hall–Kier alpha value is -1.06. The van der Waals surface area contributed by atoms with Crippen molar-refractivity contribution in [2.75, 3.05) is 7.11 Å². The van der Waals surface area contributed by atoms with E-state index in [-0.39, 0.29) is 6.04 Å². The van der Waals surface area contributed by atoms with Gasteiger partial charge in [-0.2, -0.15) is 0 Å². The van der Waals surface area contributed by atoms with Gasteiger partial charge in [-0.25, -0.2) is 4.79 Å². The highest BCUT2D eigenvalue weighted by Crippen LogP contribution is 2.22. The van der Waals surface area contributed by atoms with E-state index in [1.165, 1.54) is 7.11 Å². The molecule has 1 aromatic carbocycles. The summed E-state index contributed by atoms with van der Waals surface area (Å²) in [5.41, 5.74) is 6.92. The Kier molecular flexibility index (Phi) is 3.49. The van der Waals surface area contributed by atoms with Gasteiger partial charge in [-0.15, -0.1) is 0 Å². The van der Waals surface area contributed by atoms with E-state index in [1.807, 2.05) is 6.92 Å². The molecule has 0 heterocycles. The lowest BCUT2D eigenvalue weighted by molar-refractivity contribution is 0.0600. The first-order valence-electron chi connectivity index (χ1n) is 4.19. The van der Waals surface area contributed by atoms with Crippen molar-refractivity contribution in [2.24, 2.45) is 5.73 Å². The molecule has 0 aromatic heterocycles. The molecule has 1 aromatic rings. The van der Waals surface area contributed by atoms with Gasteiger partial charge in [-0.1, -0.05) is 17.7 Å². The molecule has 0 amide bonds. The van der Waals surface area contributed by atoms with Crippen LogP contribution in [0.1, 0.15) is 28.9 Å². The molecule has 0 aliphatic carbocycles. The molecule has 0 saturated carbocycles. The predicted molar refractivity (Wildman–Crippen MR) is 55.4 cm³/mol. The Morgan fingerprint density at radius 2 is 2.21 bits per heavy atom. The molecule has 0 bridgehead atoms. The van der Waals surface area contributed by atoms with Gasteiger partial charge < -0.3 is 10.5 Å². The zero-order chi connectivity index (χ0) is 10.7. The molecule has 0 saturated heterocycles. The standard InChI is InChI=1S/C10H12ClNO2/c1-6(12)8-4-3-7(5-9(8)11)10(13)14-2/h3-6H,12H2,1-2H3/t6-/m1/s1. The summed E-state index contributed by atoms with van der Waals surface area (Å²) in [7, 11) is 1.33. The van der Waals surface area contributed by atoms with Gasteiger partial charge in [0, 0.05) is 11.1 Å². The smallest absolute Gasteiger partial charge is 0.337 e. The van der Waals surface area contributed by atoms with Crippen molar-refractivity contribution in [1.82, 2.24) is 0 Å². The second-order valence-electron chi connectivity index (χ2n) is 3.02. The van der Waals surface area contributed by atoms with Gasteiger partial charge >= 0.3 is 5.97 Å². The summed E-state index contributed by atoms with van der Waals surface area (Å²) in [6.07, 6.45) is 0. The number of methoxy groups -OCH3 is 1. The monoisotopic (exact) mass is 213 g/mol. The predicted octanol–water partition coefficient (Wildman–Crippen LogP) is 2.15. The average Bonchev–Trinajstić information content (AvgIpc) is 2.15. The normalized spacial score (nSPS) is 12.3. The van der Waals surface area contributed by atoms with Gasteiger partial charge in [0.15, 0.2) is 0 Å². The molecule has 14 heavy (non-hydrogen) atoms. The summed E-state index contributed by atoms with van der Waals surface area (Å²) >= 11 is 5.94. The molecule has 1 atom stereocenters. The van der Waals surface area contributed by atoms with Gasteiger partial charge in [-0.3, -0.25) is 0 Å². The van der Waals surface area contributed by atoms with Crippen molar-refractivity contribution in [3.05, 3.63) is 34.3 Å². The summed E-state index contributed by atoms with van der Waals surface area (Å²) < 4.78 is 4.56. The van der Waals surface area contributed by atoms with Crippen LogP contribution in [0.3, 0.4) is 0 Å². The van der Waals surface area contributed by atoms with Crippen molar-refractivity contribution < 1.29 is 9.53 Å². The highest BCUT2D eigenvalue weighted by Gasteiger charge is 2.10. The third-order valence-electron chi connectivity index (χ3n) is 1.91.